The molecule has 2 aromatic rings. The summed E-state index contributed by atoms with van der Waals surface area (Å²) in [5.41, 5.74) is 1.71. The number of fused-ring (bicyclic) bond motifs is 1. The van der Waals surface area contributed by atoms with E-state index >= 15 is 0 Å². The Kier molecular flexibility index (Phi) is 4.39. The van der Waals surface area contributed by atoms with E-state index in [1.165, 1.54) is 30.6 Å². The molecule has 0 spiro atoms. The number of carbonyl (C=O) groups excluding carboxylic acids is 1. The van der Waals surface area contributed by atoms with Gasteiger partial charge in [0.15, 0.2) is 6.10 Å². The summed E-state index contributed by atoms with van der Waals surface area (Å²) in [6, 6.07) is 12.0. The predicted octanol–water partition coefficient (Wildman–Crippen LogP) is 5.13. The van der Waals surface area contributed by atoms with Crippen LogP contribution in [0, 0.1) is 0 Å². The highest BCUT2D eigenvalue weighted by Gasteiger charge is 2.32. The summed E-state index contributed by atoms with van der Waals surface area (Å²) in [6.07, 6.45) is 6.05. The summed E-state index contributed by atoms with van der Waals surface area (Å²) in [5.74, 6) is -0.200. The number of ether oxygens (including phenoxy) is 1. The van der Waals surface area contributed by atoms with Gasteiger partial charge in [-0.25, -0.2) is 4.79 Å². The number of esters is 1. The van der Waals surface area contributed by atoms with Gasteiger partial charge < -0.3 is 4.74 Å². The molecule has 3 heteroatoms. The number of aryl methyl sites for hydroxylation is 1. The van der Waals surface area contributed by atoms with Gasteiger partial charge in [-0.05, 0) is 31.0 Å². The van der Waals surface area contributed by atoms with Crippen LogP contribution in [0.4, 0.5) is 0 Å². The molecular formula is C18H20O2S. The van der Waals surface area contributed by atoms with Crippen LogP contribution < -0.4 is 0 Å². The lowest BCUT2D eigenvalue weighted by Crippen LogP contribution is -1.98. The maximum absolute atomic E-state index is 11.9. The largest absolute Gasteiger partial charge is 0.448 e. The Hall–Kier alpha value is -1.61. The first kappa shape index (κ1) is 14.3. The van der Waals surface area contributed by atoms with Crippen LogP contribution in [0.2, 0.25) is 0 Å². The van der Waals surface area contributed by atoms with Crippen LogP contribution in [0.1, 0.15) is 64.4 Å². The molecule has 0 N–H and O–H groups in total. The zero-order chi connectivity index (χ0) is 14.7. The van der Waals surface area contributed by atoms with E-state index in [4.69, 9.17) is 4.74 Å². The summed E-state index contributed by atoms with van der Waals surface area (Å²) < 4.78 is 5.55. The van der Waals surface area contributed by atoms with Gasteiger partial charge in [-0.1, -0.05) is 44.4 Å². The Labute approximate surface area is 129 Å². The minimum absolute atomic E-state index is 0.200. The predicted molar refractivity (Wildman–Crippen MR) is 85.9 cm³/mol. The molecule has 21 heavy (non-hydrogen) atoms. The third-order valence-corrected chi connectivity index (χ3v) is 5.09. The zero-order valence-corrected chi connectivity index (χ0v) is 13.1. The normalized spacial score (nSPS) is 16.8. The van der Waals surface area contributed by atoms with Crippen LogP contribution in [0.25, 0.3) is 0 Å². The third kappa shape index (κ3) is 3.03. The SMILES string of the molecule is CCCCCCc1ccc(C2OC(=O)c3ccccc32)s1. The van der Waals surface area contributed by atoms with Crippen LogP contribution in [0.5, 0.6) is 0 Å². The van der Waals surface area contributed by atoms with Crippen LogP contribution in [-0.4, -0.2) is 5.97 Å². The highest BCUT2D eigenvalue weighted by Crippen LogP contribution is 2.38. The van der Waals surface area contributed by atoms with E-state index in [1.807, 2.05) is 24.3 Å². The second-order valence-electron chi connectivity index (χ2n) is 5.49. The fourth-order valence-corrected chi connectivity index (χ4v) is 3.86. The number of unbranched alkanes of at least 4 members (excludes halogenated alkanes) is 3. The molecule has 0 saturated heterocycles. The van der Waals surface area contributed by atoms with Crippen molar-refractivity contribution >= 4 is 17.3 Å². The highest BCUT2D eigenvalue weighted by atomic mass is 32.1. The lowest BCUT2D eigenvalue weighted by atomic mass is 10.0. The van der Waals surface area contributed by atoms with Crippen molar-refractivity contribution < 1.29 is 9.53 Å². The molecule has 0 aliphatic carbocycles. The van der Waals surface area contributed by atoms with E-state index in [2.05, 4.69) is 19.1 Å². The lowest BCUT2D eigenvalue weighted by molar-refractivity contribution is 0.0461. The zero-order valence-electron chi connectivity index (χ0n) is 12.3. The summed E-state index contributed by atoms with van der Waals surface area (Å²) in [7, 11) is 0. The van der Waals surface area contributed by atoms with Gasteiger partial charge >= 0.3 is 5.97 Å². The molecule has 1 atom stereocenters. The molecule has 1 aliphatic heterocycles. The summed E-state index contributed by atoms with van der Waals surface area (Å²) >= 11 is 1.78. The Morgan fingerprint density at radius 2 is 1.95 bits per heavy atom. The van der Waals surface area contributed by atoms with Gasteiger partial charge in [0, 0.05) is 15.3 Å². The monoisotopic (exact) mass is 300 g/mol. The summed E-state index contributed by atoms with van der Waals surface area (Å²) in [6.45, 7) is 2.23. The molecule has 1 aliphatic rings. The van der Waals surface area contributed by atoms with Gasteiger partial charge in [0.2, 0.25) is 0 Å². The number of thiophene rings is 1. The van der Waals surface area contributed by atoms with Crippen molar-refractivity contribution in [2.24, 2.45) is 0 Å². The molecule has 0 radical (unpaired) electrons. The number of benzene rings is 1. The number of hydrogen-bond donors (Lipinski definition) is 0. The molecule has 1 aromatic heterocycles. The second kappa shape index (κ2) is 6.44. The van der Waals surface area contributed by atoms with Gasteiger partial charge in [0.25, 0.3) is 0 Å². The van der Waals surface area contributed by atoms with Crippen molar-refractivity contribution in [3.63, 3.8) is 0 Å². The number of carbonyl (C=O) groups is 1. The Morgan fingerprint density at radius 1 is 1.10 bits per heavy atom. The minimum atomic E-state index is -0.205. The van der Waals surface area contributed by atoms with E-state index < -0.39 is 0 Å². The quantitative estimate of drug-likeness (QED) is 0.546. The van der Waals surface area contributed by atoms with E-state index in [0.717, 1.165) is 16.9 Å². The first-order valence-corrected chi connectivity index (χ1v) is 8.49. The van der Waals surface area contributed by atoms with Gasteiger partial charge in [0.1, 0.15) is 0 Å². The lowest BCUT2D eigenvalue weighted by Gasteiger charge is -2.07. The smallest absolute Gasteiger partial charge is 0.339 e. The molecule has 0 saturated carbocycles. The van der Waals surface area contributed by atoms with E-state index in [1.54, 1.807) is 11.3 Å². The topological polar surface area (TPSA) is 26.3 Å². The maximum Gasteiger partial charge on any atom is 0.339 e. The summed E-state index contributed by atoms with van der Waals surface area (Å²) in [4.78, 5) is 14.4. The first-order valence-electron chi connectivity index (χ1n) is 7.68. The fourth-order valence-electron chi connectivity index (χ4n) is 2.75. The molecular weight excluding hydrogens is 280 g/mol. The van der Waals surface area contributed by atoms with E-state index in [-0.39, 0.29) is 12.1 Å². The first-order chi connectivity index (χ1) is 10.3. The number of hydrogen-bond acceptors (Lipinski definition) is 3. The number of rotatable bonds is 6. The Bertz CT molecular complexity index is 630. The van der Waals surface area contributed by atoms with Crippen LogP contribution in [-0.2, 0) is 11.2 Å². The van der Waals surface area contributed by atoms with Gasteiger partial charge in [-0.3, -0.25) is 0 Å². The average Bonchev–Trinajstić information content (AvgIpc) is 3.09. The van der Waals surface area contributed by atoms with Gasteiger partial charge in [-0.2, -0.15) is 0 Å². The van der Waals surface area contributed by atoms with Crippen molar-refractivity contribution in [1.29, 1.82) is 0 Å². The van der Waals surface area contributed by atoms with E-state index in [9.17, 15) is 4.79 Å². The van der Waals surface area contributed by atoms with Crippen LogP contribution in [0.15, 0.2) is 36.4 Å². The molecule has 2 nitrogen and oxygen atoms in total. The van der Waals surface area contributed by atoms with Gasteiger partial charge in [-0.15, -0.1) is 11.3 Å². The maximum atomic E-state index is 11.9. The van der Waals surface area contributed by atoms with E-state index in [0.29, 0.717) is 5.56 Å². The van der Waals surface area contributed by atoms with Crippen molar-refractivity contribution in [2.45, 2.75) is 45.1 Å². The van der Waals surface area contributed by atoms with Crippen LogP contribution >= 0.6 is 11.3 Å². The molecule has 0 amide bonds. The average molecular weight is 300 g/mol. The van der Waals surface area contributed by atoms with Crippen molar-refractivity contribution in [1.82, 2.24) is 0 Å². The van der Waals surface area contributed by atoms with Crippen LogP contribution in [0.3, 0.4) is 0 Å². The van der Waals surface area contributed by atoms with Gasteiger partial charge in [0.05, 0.1) is 5.56 Å². The molecule has 110 valence electrons. The molecule has 3 rings (SSSR count). The standard InChI is InChI=1S/C18H20O2S/c1-2-3-4-5-8-13-11-12-16(21-13)17-14-9-6-7-10-15(14)18(19)20-17/h6-7,9-12,17H,2-5,8H2,1H3. The molecule has 0 fully saturated rings. The van der Waals surface area contributed by atoms with Crippen molar-refractivity contribution in [3.05, 3.63) is 57.3 Å². The Balaban J connectivity index is 1.71. The molecule has 1 aromatic carbocycles. The molecule has 0 bridgehead atoms. The van der Waals surface area contributed by atoms with Crippen molar-refractivity contribution in [3.8, 4) is 0 Å². The second-order valence-corrected chi connectivity index (χ2v) is 6.69. The summed E-state index contributed by atoms with van der Waals surface area (Å²) in [5, 5.41) is 0. The van der Waals surface area contributed by atoms with Crippen molar-refractivity contribution in [2.75, 3.05) is 0 Å². The minimum Gasteiger partial charge on any atom is -0.448 e. The third-order valence-electron chi connectivity index (χ3n) is 3.91. The number of cyclic esters (lactones) is 1. The Morgan fingerprint density at radius 3 is 2.81 bits per heavy atom. The fraction of sp³-hybridized carbons (Fsp3) is 0.389. The highest BCUT2D eigenvalue weighted by molar-refractivity contribution is 7.12. The molecule has 1 unspecified atom stereocenters. The molecule has 2 heterocycles.